The van der Waals surface area contributed by atoms with Crippen molar-refractivity contribution in [3.8, 4) is 11.3 Å². The number of fused-ring (bicyclic) bond motifs is 1. The molecule has 0 saturated heterocycles. The number of aryl methyl sites for hydroxylation is 1. The smallest absolute Gasteiger partial charge is 0.354 e. The quantitative estimate of drug-likeness (QED) is 0.509. The zero-order valence-corrected chi connectivity index (χ0v) is 14.8. The Morgan fingerprint density at radius 3 is 2.66 bits per heavy atom. The molecule has 4 rings (SSSR count). The number of H-pyrrole nitrogens is 1. The Hall–Kier alpha value is -3.76. The van der Waals surface area contributed by atoms with Gasteiger partial charge >= 0.3 is 6.18 Å². The molecule has 0 saturated carbocycles. The second-order valence-electron chi connectivity index (χ2n) is 6.19. The van der Waals surface area contributed by atoms with Gasteiger partial charge in [-0.1, -0.05) is 0 Å². The van der Waals surface area contributed by atoms with Crippen LogP contribution in [0, 0.1) is 5.82 Å². The molecule has 0 fully saturated rings. The molecule has 4 aromatic rings. The minimum Gasteiger partial charge on any atom is -0.354 e. The maximum absolute atomic E-state index is 13.6. The van der Waals surface area contributed by atoms with Crippen LogP contribution in [-0.2, 0) is 13.2 Å². The normalized spacial score (nSPS) is 11.8. The molecule has 0 radical (unpaired) electrons. The lowest BCUT2D eigenvalue weighted by Gasteiger charge is -2.11. The van der Waals surface area contributed by atoms with Gasteiger partial charge in [0, 0.05) is 36.0 Å². The third-order valence-electron chi connectivity index (χ3n) is 4.24. The maximum atomic E-state index is 13.6. The highest BCUT2D eigenvalue weighted by Gasteiger charge is 2.34. The Labute approximate surface area is 160 Å². The van der Waals surface area contributed by atoms with E-state index < -0.39 is 23.5 Å². The summed E-state index contributed by atoms with van der Waals surface area (Å²) in [6, 6.07) is 5.16. The minimum absolute atomic E-state index is 0.0636. The van der Waals surface area contributed by atoms with E-state index in [9.17, 15) is 22.4 Å². The van der Waals surface area contributed by atoms with Gasteiger partial charge in [0.15, 0.2) is 0 Å². The van der Waals surface area contributed by atoms with Crippen molar-refractivity contribution in [1.29, 1.82) is 0 Å². The van der Waals surface area contributed by atoms with Crippen LogP contribution in [0.15, 0.2) is 42.9 Å². The molecule has 1 amide bonds. The Morgan fingerprint density at radius 2 is 1.97 bits per heavy atom. The number of nitrogens with zero attached hydrogens (tertiary/aromatic N) is 4. The highest BCUT2D eigenvalue weighted by molar-refractivity contribution is 6.02. The number of aromatic nitrogens is 5. The lowest BCUT2D eigenvalue weighted by Crippen LogP contribution is -2.18. The van der Waals surface area contributed by atoms with Crippen molar-refractivity contribution in [1.82, 2.24) is 24.7 Å². The fraction of sp³-hybridized carbons (Fsp3) is 0.111. The summed E-state index contributed by atoms with van der Waals surface area (Å²) < 4.78 is 54.7. The van der Waals surface area contributed by atoms with Crippen LogP contribution < -0.4 is 5.32 Å². The van der Waals surface area contributed by atoms with Gasteiger partial charge in [-0.2, -0.15) is 18.3 Å². The number of halogens is 4. The second kappa shape index (κ2) is 6.69. The van der Waals surface area contributed by atoms with Crippen molar-refractivity contribution in [3.63, 3.8) is 0 Å². The van der Waals surface area contributed by atoms with Crippen molar-refractivity contribution in [3.05, 3.63) is 60.1 Å². The number of pyridine rings is 1. The summed E-state index contributed by atoms with van der Waals surface area (Å²) in [7, 11) is 1.55. The molecule has 0 atom stereocenters. The molecule has 3 heterocycles. The Balaban J connectivity index is 1.71. The van der Waals surface area contributed by atoms with E-state index in [0.29, 0.717) is 17.0 Å². The standard InChI is InChI=1S/C18H12F4N6O/c1-28-16(24-8-25-28)17(29)27-15-6-13-9(7-23-15)4-14(26-13)11-5-10(19)2-3-12(11)18(20,21)22/h2-8,26H,1H3,(H,23,27,29). The molecule has 3 aromatic heterocycles. The SMILES string of the molecule is Cn1ncnc1C(=O)Nc1cc2[nH]c(-c3cc(F)ccc3C(F)(F)F)cc2cn1. The van der Waals surface area contributed by atoms with Crippen LogP contribution >= 0.6 is 0 Å². The molecule has 0 bridgehead atoms. The van der Waals surface area contributed by atoms with Crippen LogP contribution in [-0.4, -0.2) is 30.6 Å². The molecule has 7 nitrogen and oxygen atoms in total. The third kappa shape index (κ3) is 3.53. The van der Waals surface area contributed by atoms with E-state index in [1.165, 1.54) is 29.3 Å². The summed E-state index contributed by atoms with van der Waals surface area (Å²) in [5.41, 5.74) is -0.793. The van der Waals surface area contributed by atoms with Gasteiger partial charge in [0.2, 0.25) is 5.82 Å². The van der Waals surface area contributed by atoms with Crippen LogP contribution in [0.5, 0.6) is 0 Å². The predicted molar refractivity (Wildman–Crippen MR) is 95.4 cm³/mol. The van der Waals surface area contributed by atoms with Gasteiger partial charge in [0.05, 0.1) is 11.1 Å². The van der Waals surface area contributed by atoms with Crippen molar-refractivity contribution in [2.75, 3.05) is 5.32 Å². The predicted octanol–water partition coefficient (Wildman–Crippen LogP) is 3.77. The molecular weight excluding hydrogens is 392 g/mol. The number of carbonyl (C=O) groups is 1. The van der Waals surface area contributed by atoms with E-state index in [4.69, 9.17) is 0 Å². The first-order valence-electron chi connectivity index (χ1n) is 8.23. The molecule has 0 spiro atoms. The number of carbonyl (C=O) groups excluding carboxylic acids is 1. The molecule has 148 valence electrons. The van der Waals surface area contributed by atoms with Gasteiger partial charge in [0.25, 0.3) is 5.91 Å². The number of benzene rings is 1. The molecule has 0 unspecified atom stereocenters. The molecule has 1 aromatic carbocycles. The number of hydrogen-bond donors (Lipinski definition) is 2. The summed E-state index contributed by atoms with van der Waals surface area (Å²) in [6.07, 6.45) is -2.04. The van der Waals surface area contributed by atoms with E-state index in [0.717, 1.165) is 12.1 Å². The topological polar surface area (TPSA) is 88.5 Å². The molecule has 0 aliphatic heterocycles. The molecule has 11 heteroatoms. The molecule has 0 aliphatic carbocycles. The first-order valence-corrected chi connectivity index (χ1v) is 8.23. The zero-order chi connectivity index (χ0) is 20.8. The number of amides is 1. The van der Waals surface area contributed by atoms with Crippen LogP contribution in [0.2, 0.25) is 0 Å². The van der Waals surface area contributed by atoms with Gasteiger partial charge < -0.3 is 10.3 Å². The summed E-state index contributed by atoms with van der Waals surface area (Å²) in [4.78, 5) is 22.9. The average molecular weight is 404 g/mol. The fourth-order valence-electron chi connectivity index (χ4n) is 2.90. The van der Waals surface area contributed by atoms with Gasteiger partial charge in [-0.25, -0.2) is 19.0 Å². The highest BCUT2D eigenvalue weighted by atomic mass is 19.4. The summed E-state index contributed by atoms with van der Waals surface area (Å²) in [6.45, 7) is 0. The summed E-state index contributed by atoms with van der Waals surface area (Å²) in [5, 5.41) is 6.83. The van der Waals surface area contributed by atoms with Crippen LogP contribution in [0.1, 0.15) is 16.2 Å². The fourth-order valence-corrected chi connectivity index (χ4v) is 2.90. The maximum Gasteiger partial charge on any atom is 0.417 e. The summed E-state index contributed by atoms with van der Waals surface area (Å²) >= 11 is 0. The van der Waals surface area contributed by atoms with Crippen LogP contribution in [0.4, 0.5) is 23.4 Å². The van der Waals surface area contributed by atoms with E-state index in [1.807, 2.05) is 0 Å². The van der Waals surface area contributed by atoms with E-state index in [2.05, 4.69) is 25.4 Å². The Bertz CT molecular complexity index is 1230. The van der Waals surface area contributed by atoms with Crippen molar-refractivity contribution in [2.45, 2.75) is 6.18 Å². The number of rotatable bonds is 3. The third-order valence-corrected chi connectivity index (χ3v) is 4.24. The first kappa shape index (κ1) is 18.6. The van der Waals surface area contributed by atoms with Gasteiger partial charge in [0.1, 0.15) is 18.0 Å². The number of aromatic amines is 1. The lowest BCUT2D eigenvalue weighted by molar-refractivity contribution is -0.137. The molecular formula is C18H12F4N6O. The molecule has 0 aliphatic rings. The monoisotopic (exact) mass is 404 g/mol. The Morgan fingerprint density at radius 1 is 1.17 bits per heavy atom. The number of alkyl halides is 3. The molecule has 2 N–H and O–H groups in total. The lowest BCUT2D eigenvalue weighted by atomic mass is 10.0. The molecule has 29 heavy (non-hydrogen) atoms. The minimum atomic E-state index is -4.65. The number of anilines is 1. The second-order valence-corrected chi connectivity index (χ2v) is 6.19. The van der Waals surface area contributed by atoms with E-state index in [-0.39, 0.29) is 22.9 Å². The van der Waals surface area contributed by atoms with E-state index >= 15 is 0 Å². The zero-order valence-electron chi connectivity index (χ0n) is 14.8. The largest absolute Gasteiger partial charge is 0.417 e. The van der Waals surface area contributed by atoms with Crippen LogP contribution in [0.3, 0.4) is 0 Å². The van der Waals surface area contributed by atoms with Crippen molar-refractivity contribution in [2.24, 2.45) is 7.05 Å². The summed E-state index contributed by atoms with van der Waals surface area (Å²) in [5.74, 6) is -1.11. The van der Waals surface area contributed by atoms with Gasteiger partial charge in [-0.15, -0.1) is 0 Å². The highest BCUT2D eigenvalue weighted by Crippen LogP contribution is 2.38. The first-order chi connectivity index (χ1) is 13.7. The van der Waals surface area contributed by atoms with Crippen molar-refractivity contribution >= 4 is 22.6 Å². The van der Waals surface area contributed by atoms with Crippen molar-refractivity contribution < 1.29 is 22.4 Å². The van der Waals surface area contributed by atoms with Crippen LogP contribution in [0.25, 0.3) is 22.2 Å². The number of hydrogen-bond acceptors (Lipinski definition) is 4. The van der Waals surface area contributed by atoms with Gasteiger partial charge in [-0.05, 0) is 24.3 Å². The average Bonchev–Trinajstić information content (AvgIpc) is 3.26. The number of nitrogens with one attached hydrogen (secondary N) is 2. The van der Waals surface area contributed by atoms with E-state index in [1.54, 1.807) is 7.05 Å². The van der Waals surface area contributed by atoms with Gasteiger partial charge in [-0.3, -0.25) is 4.79 Å². The Kier molecular flexibility index (Phi) is 4.29.